The number of nitrogens with one attached hydrogen (secondary N) is 1. The van der Waals surface area contributed by atoms with Crippen LogP contribution in [0, 0.1) is 5.92 Å². The maximum absolute atomic E-state index is 12.2. The molecule has 1 rings (SSSR count). The predicted octanol–water partition coefficient (Wildman–Crippen LogP) is 2.69. The first-order valence-electron chi connectivity index (χ1n) is 6.33. The minimum atomic E-state index is -3.64. The standard InChI is InChI=1S/C13H19ClN2O2S2/c1-9(2)4-3-7-16-20(17,18)12-8-10(13(15)19)5-6-11(12)14/h5-6,8-9,16H,3-4,7H2,1-2H3,(H2,15,19). The van der Waals surface area contributed by atoms with Gasteiger partial charge in [-0.15, -0.1) is 0 Å². The third-order valence-corrected chi connectivity index (χ3v) is 4.93. The second-order valence-corrected chi connectivity index (χ2v) is 7.53. The minimum Gasteiger partial charge on any atom is -0.389 e. The Hall–Kier alpha value is -0.690. The van der Waals surface area contributed by atoms with Crippen molar-refractivity contribution in [2.45, 2.75) is 31.6 Å². The van der Waals surface area contributed by atoms with Crippen LogP contribution in [0.4, 0.5) is 0 Å². The highest BCUT2D eigenvalue weighted by atomic mass is 35.5. The molecule has 7 heteroatoms. The molecule has 0 spiro atoms. The molecule has 0 unspecified atom stereocenters. The number of thiocarbonyl (C=S) groups is 1. The van der Waals surface area contributed by atoms with Crippen LogP contribution in [0.5, 0.6) is 0 Å². The van der Waals surface area contributed by atoms with Crippen molar-refractivity contribution in [3.05, 3.63) is 28.8 Å². The van der Waals surface area contributed by atoms with Gasteiger partial charge in [-0.05, 0) is 30.9 Å². The van der Waals surface area contributed by atoms with E-state index in [4.69, 9.17) is 29.6 Å². The molecule has 1 aromatic carbocycles. The highest BCUT2D eigenvalue weighted by Crippen LogP contribution is 2.22. The van der Waals surface area contributed by atoms with Crippen molar-refractivity contribution in [2.24, 2.45) is 11.7 Å². The van der Waals surface area contributed by atoms with Crippen molar-refractivity contribution in [1.82, 2.24) is 4.72 Å². The van der Waals surface area contributed by atoms with E-state index in [1.807, 2.05) is 0 Å². The fraction of sp³-hybridized carbons (Fsp3) is 0.462. The van der Waals surface area contributed by atoms with E-state index in [1.165, 1.54) is 12.1 Å². The third-order valence-electron chi connectivity index (χ3n) is 2.76. The van der Waals surface area contributed by atoms with Crippen LogP contribution >= 0.6 is 23.8 Å². The van der Waals surface area contributed by atoms with E-state index >= 15 is 0 Å². The van der Waals surface area contributed by atoms with E-state index < -0.39 is 10.0 Å². The molecule has 0 fully saturated rings. The van der Waals surface area contributed by atoms with E-state index in [9.17, 15) is 8.42 Å². The molecule has 0 aromatic heterocycles. The Morgan fingerprint density at radius 1 is 1.45 bits per heavy atom. The molecule has 0 bridgehead atoms. The van der Waals surface area contributed by atoms with Crippen molar-refractivity contribution in [3.63, 3.8) is 0 Å². The van der Waals surface area contributed by atoms with Crippen LogP contribution < -0.4 is 10.5 Å². The highest BCUT2D eigenvalue weighted by molar-refractivity contribution is 7.89. The maximum atomic E-state index is 12.2. The second-order valence-electron chi connectivity index (χ2n) is 4.94. The fourth-order valence-corrected chi connectivity index (χ4v) is 3.38. The summed E-state index contributed by atoms with van der Waals surface area (Å²) in [5.74, 6) is 0.543. The molecule has 0 aliphatic carbocycles. The quantitative estimate of drug-likeness (QED) is 0.594. The normalized spacial score (nSPS) is 11.8. The van der Waals surface area contributed by atoms with Crippen LogP contribution in [0.2, 0.25) is 5.02 Å². The monoisotopic (exact) mass is 334 g/mol. The maximum Gasteiger partial charge on any atom is 0.242 e. The molecular weight excluding hydrogens is 316 g/mol. The molecular formula is C13H19ClN2O2S2. The third kappa shape index (κ3) is 5.01. The number of hydrogen-bond acceptors (Lipinski definition) is 3. The lowest BCUT2D eigenvalue weighted by Gasteiger charge is -2.10. The Morgan fingerprint density at radius 3 is 2.65 bits per heavy atom. The molecule has 3 N–H and O–H groups in total. The van der Waals surface area contributed by atoms with Gasteiger partial charge >= 0.3 is 0 Å². The van der Waals surface area contributed by atoms with Gasteiger partial charge in [-0.2, -0.15) is 0 Å². The fourth-order valence-electron chi connectivity index (χ4n) is 1.66. The second kappa shape index (κ2) is 7.36. The molecule has 0 radical (unpaired) electrons. The van der Waals surface area contributed by atoms with Gasteiger partial charge in [-0.1, -0.05) is 43.7 Å². The summed E-state index contributed by atoms with van der Waals surface area (Å²) in [5, 5.41) is 0.154. The van der Waals surface area contributed by atoms with E-state index in [0.717, 1.165) is 12.8 Å². The van der Waals surface area contributed by atoms with Crippen molar-refractivity contribution < 1.29 is 8.42 Å². The zero-order chi connectivity index (χ0) is 15.3. The van der Waals surface area contributed by atoms with Crippen molar-refractivity contribution >= 4 is 38.8 Å². The Bertz CT molecular complexity index is 586. The molecule has 0 saturated heterocycles. The van der Waals surface area contributed by atoms with Crippen LogP contribution in [0.15, 0.2) is 23.1 Å². The molecule has 0 amide bonds. The van der Waals surface area contributed by atoms with Gasteiger partial charge in [0.15, 0.2) is 0 Å². The molecule has 112 valence electrons. The van der Waals surface area contributed by atoms with Crippen molar-refractivity contribution in [3.8, 4) is 0 Å². The molecule has 20 heavy (non-hydrogen) atoms. The number of sulfonamides is 1. The van der Waals surface area contributed by atoms with E-state index in [1.54, 1.807) is 6.07 Å². The largest absolute Gasteiger partial charge is 0.389 e. The van der Waals surface area contributed by atoms with Crippen LogP contribution in [0.25, 0.3) is 0 Å². The highest BCUT2D eigenvalue weighted by Gasteiger charge is 2.18. The molecule has 0 atom stereocenters. The van der Waals surface area contributed by atoms with Crippen LogP contribution in [0.3, 0.4) is 0 Å². The molecule has 1 aromatic rings. The topological polar surface area (TPSA) is 72.2 Å². The lowest BCUT2D eigenvalue weighted by atomic mass is 10.1. The Labute approximate surface area is 130 Å². The minimum absolute atomic E-state index is 0.00835. The smallest absolute Gasteiger partial charge is 0.242 e. The van der Waals surface area contributed by atoms with Gasteiger partial charge < -0.3 is 5.73 Å². The number of halogens is 1. The summed E-state index contributed by atoms with van der Waals surface area (Å²) in [6, 6.07) is 4.48. The summed E-state index contributed by atoms with van der Waals surface area (Å²) < 4.78 is 26.9. The van der Waals surface area contributed by atoms with Gasteiger partial charge in [0.05, 0.1) is 5.02 Å². The lowest BCUT2D eigenvalue weighted by molar-refractivity contribution is 0.540. The zero-order valence-electron chi connectivity index (χ0n) is 11.5. The lowest BCUT2D eigenvalue weighted by Crippen LogP contribution is -2.25. The van der Waals surface area contributed by atoms with Crippen molar-refractivity contribution in [1.29, 1.82) is 0 Å². The summed E-state index contributed by atoms with van der Waals surface area (Å²) in [7, 11) is -3.64. The van der Waals surface area contributed by atoms with Crippen LogP contribution in [-0.4, -0.2) is 20.0 Å². The first kappa shape index (κ1) is 17.4. The van der Waals surface area contributed by atoms with Gasteiger partial charge in [-0.25, -0.2) is 13.1 Å². The Morgan fingerprint density at radius 2 is 2.10 bits per heavy atom. The summed E-state index contributed by atoms with van der Waals surface area (Å²) in [5.41, 5.74) is 5.98. The summed E-state index contributed by atoms with van der Waals surface area (Å²) in [6.07, 6.45) is 1.74. The van der Waals surface area contributed by atoms with E-state index in [0.29, 0.717) is 18.0 Å². The number of benzene rings is 1. The van der Waals surface area contributed by atoms with Crippen LogP contribution in [0.1, 0.15) is 32.3 Å². The summed E-state index contributed by atoms with van der Waals surface area (Å²) in [4.78, 5) is 0.145. The number of nitrogens with two attached hydrogens (primary N) is 1. The van der Waals surface area contributed by atoms with Gasteiger partial charge in [0.2, 0.25) is 10.0 Å². The number of rotatable bonds is 7. The van der Waals surface area contributed by atoms with Gasteiger partial charge in [0.25, 0.3) is 0 Å². The van der Waals surface area contributed by atoms with E-state index in [-0.39, 0.29) is 14.9 Å². The van der Waals surface area contributed by atoms with Gasteiger partial charge in [-0.3, -0.25) is 0 Å². The molecule has 4 nitrogen and oxygen atoms in total. The molecule has 0 aliphatic heterocycles. The molecule has 0 saturated carbocycles. The SMILES string of the molecule is CC(C)CCCNS(=O)(=O)c1cc(C(N)=S)ccc1Cl. The van der Waals surface area contributed by atoms with Crippen LogP contribution in [-0.2, 0) is 10.0 Å². The first-order valence-corrected chi connectivity index (χ1v) is 8.60. The zero-order valence-corrected chi connectivity index (χ0v) is 13.9. The Kier molecular flexibility index (Phi) is 6.39. The van der Waals surface area contributed by atoms with Crippen molar-refractivity contribution in [2.75, 3.05) is 6.54 Å². The average Bonchev–Trinajstić information content (AvgIpc) is 2.34. The van der Waals surface area contributed by atoms with Gasteiger partial charge in [0.1, 0.15) is 9.88 Å². The van der Waals surface area contributed by atoms with Gasteiger partial charge in [0, 0.05) is 12.1 Å². The molecule has 0 heterocycles. The first-order chi connectivity index (χ1) is 9.24. The predicted molar refractivity (Wildman–Crippen MR) is 86.6 cm³/mol. The number of hydrogen-bond donors (Lipinski definition) is 2. The van der Waals surface area contributed by atoms with E-state index in [2.05, 4.69) is 18.6 Å². The average molecular weight is 335 g/mol. The summed E-state index contributed by atoms with van der Waals surface area (Å²) in [6.45, 7) is 4.57. The Balaban J connectivity index is 2.86. The summed E-state index contributed by atoms with van der Waals surface area (Å²) >= 11 is 10.8. The molecule has 0 aliphatic rings.